The number of hydrogen-bond donors (Lipinski definition) is 0. The molecule has 0 bridgehead atoms. The van der Waals surface area contributed by atoms with E-state index in [2.05, 4.69) is 48.5 Å². The molecule has 2 aromatic rings. The molecule has 0 spiro atoms. The molecule has 0 nitrogen and oxygen atoms in total. The first-order valence-electron chi connectivity index (χ1n) is 32.6. The fourth-order valence-electron chi connectivity index (χ4n) is 19.8. The van der Waals surface area contributed by atoms with Crippen LogP contribution in [0.25, 0.3) is 0 Å². The van der Waals surface area contributed by atoms with Crippen molar-refractivity contribution in [1.82, 2.24) is 0 Å². The molecule has 1 heterocycles. The van der Waals surface area contributed by atoms with Crippen LogP contribution in [-0.4, -0.2) is 118 Å². The van der Waals surface area contributed by atoms with Crippen molar-refractivity contribution in [1.29, 1.82) is 0 Å². The molecule has 10 heteroatoms. The Morgan fingerprint density at radius 2 is 0.568 bits per heavy atom. The first kappa shape index (κ1) is 57.8. The van der Waals surface area contributed by atoms with Crippen molar-refractivity contribution in [2.75, 3.05) is 0 Å². The Labute approximate surface area is 484 Å². The SMILES string of the molecule is [B-][P+](C1CCCCC1)(C1CCCCC1)[CH]([Sn])c1ccccc1[CH]([Sn]1[CH]([P+]([B-])(C2CCCCC2)C2CCCCC2)c2ccccc2[CH]1[P+]([B-])(C1CCCCC1)C1CCCCC1)[P+]([B-])(C1CCCCC1)C1CCCCC1. The number of rotatable bonds is 15. The Morgan fingerprint density at radius 1 is 0.324 bits per heavy atom. The Morgan fingerprint density at radius 3 is 0.865 bits per heavy atom. The molecule has 396 valence electrons. The quantitative estimate of drug-likeness (QED) is 0.123. The first-order valence-corrected chi connectivity index (χ1v) is 47.5. The molecule has 0 amide bonds. The predicted octanol–water partition coefficient (Wildman–Crippen LogP) is 19.9. The van der Waals surface area contributed by atoms with Crippen molar-refractivity contribution < 1.29 is 0 Å². The Bertz CT molecular complexity index is 1930. The van der Waals surface area contributed by atoms with Gasteiger partial charge in [0.2, 0.25) is 0 Å². The third-order valence-corrected chi connectivity index (χ3v) is 72.8. The van der Waals surface area contributed by atoms with Gasteiger partial charge in [-0.1, -0.05) is 0 Å². The van der Waals surface area contributed by atoms with Gasteiger partial charge in [-0.15, -0.1) is 0 Å². The zero-order chi connectivity index (χ0) is 50.8. The molecule has 0 saturated heterocycles. The molecule has 8 saturated carbocycles. The van der Waals surface area contributed by atoms with Crippen LogP contribution in [-0.2, 0) is 0 Å². The van der Waals surface area contributed by atoms with Crippen molar-refractivity contribution in [3.8, 4) is 0 Å². The second-order valence-corrected chi connectivity index (χ2v) is 57.3. The van der Waals surface area contributed by atoms with E-state index in [0.29, 0.717) is 26.0 Å². The normalized spacial score (nSPS) is 28.6. The van der Waals surface area contributed by atoms with E-state index in [4.69, 9.17) is 7.57 Å². The Hall–Kier alpha value is 2.02. The number of fused-ring (bicyclic) bond motifs is 1. The van der Waals surface area contributed by atoms with Crippen LogP contribution in [0.3, 0.4) is 0 Å². The number of hydrogen-bond acceptors (Lipinski definition) is 0. The van der Waals surface area contributed by atoms with Crippen LogP contribution in [0.15, 0.2) is 48.5 Å². The Kier molecular flexibility index (Phi) is 20.5. The van der Waals surface area contributed by atoms with Gasteiger partial charge in [0.25, 0.3) is 0 Å². The minimum absolute atomic E-state index is 0.513. The third-order valence-electron chi connectivity index (χ3n) is 23.6. The molecule has 74 heavy (non-hydrogen) atoms. The standard InChI is InChI=1S/2C32H50B2P2.2Sn/c2*33-35(29-17-5-1-6-18-29,30-19-7-2-8-20-30)25-27-15-13-14-16-28(27)26-36(34,31-21-9-3-10-22-31)32-23-11-4-12-24-32;;/h2*13-16,25-26,29-32H,1-12,17-24H2;;. The summed E-state index contributed by atoms with van der Waals surface area (Å²) < 4.78 is 2.24. The molecular formula is C64H100B4P4Sn2. The summed E-state index contributed by atoms with van der Waals surface area (Å²) in [6.07, 6.45) is 56.0. The van der Waals surface area contributed by atoms with E-state index in [1.54, 1.807) is 28.1 Å². The summed E-state index contributed by atoms with van der Waals surface area (Å²) in [4.78, 5) is 0. The van der Waals surface area contributed by atoms with Gasteiger partial charge in [0.15, 0.2) is 0 Å². The van der Waals surface area contributed by atoms with Gasteiger partial charge >= 0.3 is 489 Å². The molecule has 4 atom stereocenters. The second kappa shape index (κ2) is 26.3. The molecule has 11 rings (SSSR count). The summed E-state index contributed by atoms with van der Waals surface area (Å²) in [6, 6.07) is 21.4. The Balaban J connectivity index is 1.22. The van der Waals surface area contributed by atoms with Gasteiger partial charge in [-0.3, -0.25) is 0 Å². The topological polar surface area (TPSA) is 0 Å². The van der Waals surface area contributed by atoms with E-state index >= 15 is 0 Å². The van der Waals surface area contributed by atoms with Crippen molar-refractivity contribution in [2.45, 2.75) is 317 Å². The van der Waals surface area contributed by atoms with Crippen LogP contribution in [0, 0.1) is 0 Å². The summed E-state index contributed by atoms with van der Waals surface area (Å²) in [5.41, 5.74) is 13.0. The van der Waals surface area contributed by atoms with E-state index in [0.717, 1.165) is 34.0 Å². The third kappa shape index (κ3) is 11.2. The van der Waals surface area contributed by atoms with E-state index in [-0.39, 0.29) is 0 Å². The molecule has 0 N–H and O–H groups in total. The summed E-state index contributed by atoms with van der Waals surface area (Å²) in [7, 11) is 28.9. The van der Waals surface area contributed by atoms with Crippen molar-refractivity contribution in [3.63, 3.8) is 0 Å². The van der Waals surface area contributed by atoms with E-state index < -0.39 is 48.3 Å². The molecule has 4 unspecified atom stereocenters. The van der Waals surface area contributed by atoms with Crippen LogP contribution >= 0.6 is 28.6 Å². The molecule has 16 radical (unpaired) electrons. The summed E-state index contributed by atoms with van der Waals surface area (Å²) in [5.74, 6) is 0. The predicted molar refractivity (Wildman–Crippen MR) is 341 cm³/mol. The van der Waals surface area contributed by atoms with Gasteiger partial charge in [-0.2, -0.15) is 0 Å². The first-order chi connectivity index (χ1) is 36.2. The van der Waals surface area contributed by atoms with Crippen molar-refractivity contribution in [2.24, 2.45) is 0 Å². The summed E-state index contributed by atoms with van der Waals surface area (Å²) in [5, 5.41) is 0. The van der Waals surface area contributed by atoms with Gasteiger partial charge in [-0.25, -0.2) is 0 Å². The van der Waals surface area contributed by atoms with Crippen LogP contribution in [0.1, 0.15) is 294 Å². The van der Waals surface area contributed by atoms with E-state index in [9.17, 15) is 22.7 Å². The second-order valence-electron chi connectivity index (χ2n) is 27.3. The fraction of sp³-hybridized carbons (Fsp3) is 0.812. The van der Waals surface area contributed by atoms with Crippen LogP contribution in [0.5, 0.6) is 0 Å². The van der Waals surface area contributed by atoms with Crippen LogP contribution in [0.2, 0.25) is 0 Å². The van der Waals surface area contributed by atoms with Crippen LogP contribution < -0.4 is 0 Å². The average molecular weight is 1270 g/mol. The van der Waals surface area contributed by atoms with E-state index in [1.807, 2.05) is 16.7 Å². The van der Waals surface area contributed by atoms with Gasteiger partial charge in [0, 0.05) is 0 Å². The maximum atomic E-state index is 9.62. The zero-order valence-electron chi connectivity index (χ0n) is 46.9. The zero-order valence-corrected chi connectivity index (χ0v) is 56.2. The van der Waals surface area contributed by atoms with Crippen molar-refractivity contribution >= 4 is 101 Å². The van der Waals surface area contributed by atoms with Gasteiger partial charge in [0.1, 0.15) is 0 Å². The molecule has 9 aliphatic rings. The number of benzene rings is 2. The van der Waals surface area contributed by atoms with Crippen molar-refractivity contribution in [3.05, 3.63) is 70.8 Å². The molecule has 8 fully saturated rings. The summed E-state index contributed by atoms with van der Waals surface area (Å²) in [6.45, 7) is 0. The monoisotopic (exact) mass is 1280 g/mol. The molecule has 2 aromatic carbocycles. The van der Waals surface area contributed by atoms with Crippen LogP contribution in [0.4, 0.5) is 0 Å². The van der Waals surface area contributed by atoms with Gasteiger partial charge in [0.05, 0.1) is 0 Å². The van der Waals surface area contributed by atoms with Gasteiger partial charge < -0.3 is 0 Å². The molecule has 1 aliphatic heterocycles. The average Bonchev–Trinajstić information content (AvgIpc) is 3.86. The van der Waals surface area contributed by atoms with Gasteiger partial charge in [-0.05, 0) is 0 Å². The molecule has 8 aliphatic carbocycles. The maximum absolute atomic E-state index is 9.62. The van der Waals surface area contributed by atoms with E-state index in [1.165, 1.54) is 257 Å². The fourth-order valence-corrected chi connectivity index (χ4v) is 84.8. The summed E-state index contributed by atoms with van der Waals surface area (Å²) >= 11 is -1.52. The molecular weight excluding hydrogens is 1170 g/mol. The molecule has 0 aromatic heterocycles. The minimum atomic E-state index is -3.25.